The number of nitrogens with two attached hydrogens (primary N) is 1. The lowest BCUT2D eigenvalue weighted by Crippen LogP contribution is -2.23. The van der Waals surface area contributed by atoms with Crippen molar-refractivity contribution in [3.05, 3.63) is 59.7 Å². The van der Waals surface area contributed by atoms with E-state index in [1.165, 1.54) is 11.1 Å². The Labute approximate surface area is 143 Å². The van der Waals surface area contributed by atoms with Crippen LogP contribution < -0.4 is 15.8 Å². The molecular weight excluding hydrogens is 298 g/mol. The molecule has 3 N–H and O–H groups in total. The first-order chi connectivity index (χ1) is 11.6. The Morgan fingerprint density at radius 2 is 1.96 bits per heavy atom. The minimum absolute atomic E-state index is 0.271. The molecule has 0 aliphatic heterocycles. The highest BCUT2D eigenvalue weighted by atomic mass is 16.5. The molecule has 2 aromatic carbocycles. The molecule has 0 heterocycles. The van der Waals surface area contributed by atoms with Crippen LogP contribution >= 0.6 is 0 Å². The van der Waals surface area contributed by atoms with Gasteiger partial charge in [0.15, 0.2) is 5.96 Å². The fourth-order valence-electron chi connectivity index (χ4n) is 2.87. The molecule has 1 saturated carbocycles. The van der Waals surface area contributed by atoms with Crippen molar-refractivity contribution in [3.63, 3.8) is 0 Å². The number of methoxy groups -OCH3 is 1. The standard InChI is InChI=1S/C20H25N3O/c1-13(2)14-7-9-15(10-8-14)18-12-19(18)23-20(21)22-16-5-4-6-17(11-16)24-3/h4-11,13,18-19H,12H2,1-3H3,(H3,21,22,23). The van der Waals surface area contributed by atoms with E-state index in [1.807, 2.05) is 24.3 Å². The van der Waals surface area contributed by atoms with Gasteiger partial charge in [-0.15, -0.1) is 0 Å². The number of nitrogens with one attached hydrogen (secondary N) is 1. The second-order valence-electron chi connectivity index (χ2n) is 6.60. The Bertz CT molecular complexity index is 722. The summed E-state index contributed by atoms with van der Waals surface area (Å²) in [6.45, 7) is 4.42. The predicted molar refractivity (Wildman–Crippen MR) is 99.9 cm³/mol. The summed E-state index contributed by atoms with van der Waals surface area (Å²) in [5.41, 5.74) is 9.65. The van der Waals surface area contributed by atoms with Crippen molar-refractivity contribution < 1.29 is 4.74 Å². The Kier molecular flexibility index (Phi) is 4.74. The summed E-state index contributed by atoms with van der Waals surface area (Å²) in [5, 5.41) is 3.13. The van der Waals surface area contributed by atoms with Gasteiger partial charge < -0.3 is 15.8 Å². The molecule has 3 rings (SSSR count). The lowest BCUT2D eigenvalue weighted by Gasteiger charge is -2.08. The SMILES string of the molecule is COc1cccc(NC(N)=NC2CC2c2ccc(C(C)C)cc2)c1. The van der Waals surface area contributed by atoms with Crippen LogP contribution in [0.2, 0.25) is 0 Å². The molecule has 0 bridgehead atoms. The van der Waals surface area contributed by atoms with Crippen LogP contribution in [-0.4, -0.2) is 19.1 Å². The molecular formula is C20H25N3O. The number of anilines is 1. The first-order valence-electron chi connectivity index (χ1n) is 8.41. The van der Waals surface area contributed by atoms with Gasteiger partial charge in [0.25, 0.3) is 0 Å². The molecule has 2 atom stereocenters. The van der Waals surface area contributed by atoms with Crippen LogP contribution in [0.15, 0.2) is 53.5 Å². The third kappa shape index (κ3) is 3.88. The quantitative estimate of drug-likeness (QED) is 0.643. The fourth-order valence-corrected chi connectivity index (χ4v) is 2.87. The largest absolute Gasteiger partial charge is 0.497 e. The van der Waals surface area contributed by atoms with Gasteiger partial charge in [0.05, 0.1) is 13.2 Å². The first-order valence-corrected chi connectivity index (χ1v) is 8.41. The Morgan fingerprint density at radius 1 is 1.21 bits per heavy atom. The molecule has 24 heavy (non-hydrogen) atoms. The molecule has 2 aromatic rings. The number of aliphatic imine (C=N–C) groups is 1. The summed E-state index contributed by atoms with van der Waals surface area (Å²) in [6.07, 6.45) is 1.06. The Hall–Kier alpha value is -2.49. The molecule has 1 aliphatic rings. The lowest BCUT2D eigenvalue weighted by atomic mass is 10.0. The number of hydrogen-bond donors (Lipinski definition) is 2. The summed E-state index contributed by atoms with van der Waals surface area (Å²) in [6, 6.07) is 16.8. The van der Waals surface area contributed by atoms with Crippen LogP contribution in [0.25, 0.3) is 0 Å². The van der Waals surface area contributed by atoms with Gasteiger partial charge in [0, 0.05) is 17.7 Å². The fraction of sp³-hybridized carbons (Fsp3) is 0.350. The molecule has 0 amide bonds. The van der Waals surface area contributed by atoms with Crippen LogP contribution in [0, 0.1) is 0 Å². The highest BCUT2D eigenvalue weighted by Crippen LogP contribution is 2.43. The van der Waals surface area contributed by atoms with Gasteiger partial charge >= 0.3 is 0 Å². The van der Waals surface area contributed by atoms with E-state index in [0.717, 1.165) is 17.9 Å². The average Bonchev–Trinajstić information content (AvgIpc) is 3.34. The molecule has 4 heteroatoms. The Morgan fingerprint density at radius 3 is 2.62 bits per heavy atom. The number of benzene rings is 2. The van der Waals surface area contributed by atoms with Gasteiger partial charge in [0.2, 0.25) is 0 Å². The molecule has 0 saturated heterocycles. The van der Waals surface area contributed by atoms with Crippen molar-refractivity contribution in [1.82, 2.24) is 0 Å². The molecule has 126 valence electrons. The molecule has 0 aromatic heterocycles. The zero-order valence-electron chi connectivity index (χ0n) is 14.5. The van der Waals surface area contributed by atoms with Crippen molar-refractivity contribution in [3.8, 4) is 5.75 Å². The number of rotatable bonds is 5. The Balaban J connectivity index is 1.61. The topological polar surface area (TPSA) is 59.6 Å². The van der Waals surface area contributed by atoms with Crippen LogP contribution in [0.1, 0.15) is 43.2 Å². The van der Waals surface area contributed by atoms with Crippen molar-refractivity contribution in [2.75, 3.05) is 12.4 Å². The number of hydrogen-bond acceptors (Lipinski definition) is 2. The lowest BCUT2D eigenvalue weighted by molar-refractivity contribution is 0.415. The second-order valence-corrected chi connectivity index (χ2v) is 6.60. The summed E-state index contributed by atoms with van der Waals surface area (Å²) in [5.74, 6) is 2.29. The van der Waals surface area contributed by atoms with Crippen LogP contribution in [-0.2, 0) is 0 Å². The molecule has 1 fully saturated rings. The zero-order chi connectivity index (χ0) is 17.1. The second kappa shape index (κ2) is 6.95. The van der Waals surface area contributed by atoms with E-state index >= 15 is 0 Å². The summed E-state index contributed by atoms with van der Waals surface area (Å²) >= 11 is 0. The minimum atomic E-state index is 0.271. The van der Waals surface area contributed by atoms with E-state index in [0.29, 0.717) is 17.8 Å². The van der Waals surface area contributed by atoms with Gasteiger partial charge in [-0.1, -0.05) is 44.2 Å². The van der Waals surface area contributed by atoms with Crippen molar-refractivity contribution in [2.24, 2.45) is 10.7 Å². The van der Waals surface area contributed by atoms with E-state index < -0.39 is 0 Å². The highest BCUT2D eigenvalue weighted by Gasteiger charge is 2.38. The van der Waals surface area contributed by atoms with Gasteiger partial charge in [0.1, 0.15) is 5.75 Å². The maximum absolute atomic E-state index is 6.04. The zero-order valence-corrected chi connectivity index (χ0v) is 14.5. The average molecular weight is 323 g/mol. The van der Waals surface area contributed by atoms with Gasteiger partial charge in [-0.2, -0.15) is 0 Å². The molecule has 0 radical (unpaired) electrons. The van der Waals surface area contributed by atoms with Gasteiger partial charge in [-0.05, 0) is 35.6 Å². The normalized spacial score (nSPS) is 20.1. The number of ether oxygens (including phenoxy) is 1. The van der Waals surface area contributed by atoms with E-state index in [9.17, 15) is 0 Å². The smallest absolute Gasteiger partial charge is 0.193 e. The highest BCUT2D eigenvalue weighted by molar-refractivity contribution is 5.92. The van der Waals surface area contributed by atoms with Crippen LogP contribution in [0.3, 0.4) is 0 Å². The van der Waals surface area contributed by atoms with Crippen molar-refractivity contribution in [1.29, 1.82) is 0 Å². The first kappa shape index (κ1) is 16.4. The molecule has 4 nitrogen and oxygen atoms in total. The van der Waals surface area contributed by atoms with E-state index in [1.54, 1.807) is 7.11 Å². The monoisotopic (exact) mass is 323 g/mol. The predicted octanol–water partition coefficient (Wildman–Crippen LogP) is 4.10. The van der Waals surface area contributed by atoms with E-state index in [-0.39, 0.29) is 6.04 Å². The third-order valence-electron chi connectivity index (χ3n) is 4.44. The maximum atomic E-state index is 6.04. The van der Waals surface area contributed by atoms with Gasteiger partial charge in [-0.25, -0.2) is 4.99 Å². The number of guanidine groups is 1. The van der Waals surface area contributed by atoms with E-state index in [2.05, 4.69) is 48.4 Å². The summed E-state index contributed by atoms with van der Waals surface area (Å²) in [7, 11) is 1.65. The third-order valence-corrected chi connectivity index (χ3v) is 4.44. The maximum Gasteiger partial charge on any atom is 0.193 e. The summed E-state index contributed by atoms with van der Waals surface area (Å²) < 4.78 is 5.21. The minimum Gasteiger partial charge on any atom is -0.497 e. The van der Waals surface area contributed by atoms with E-state index in [4.69, 9.17) is 10.5 Å². The number of nitrogens with zero attached hydrogens (tertiary/aromatic N) is 1. The van der Waals surface area contributed by atoms with Crippen molar-refractivity contribution >= 4 is 11.6 Å². The van der Waals surface area contributed by atoms with Crippen LogP contribution in [0.4, 0.5) is 5.69 Å². The van der Waals surface area contributed by atoms with Gasteiger partial charge in [-0.3, -0.25) is 0 Å². The van der Waals surface area contributed by atoms with Crippen LogP contribution in [0.5, 0.6) is 5.75 Å². The molecule has 1 aliphatic carbocycles. The molecule has 2 unspecified atom stereocenters. The summed E-state index contributed by atoms with van der Waals surface area (Å²) in [4.78, 5) is 4.60. The van der Waals surface area contributed by atoms with Crippen molar-refractivity contribution in [2.45, 2.75) is 38.1 Å². The molecule has 0 spiro atoms.